The summed E-state index contributed by atoms with van der Waals surface area (Å²) in [7, 11) is 1.65. The van der Waals surface area contributed by atoms with Gasteiger partial charge in [0.05, 0.1) is 12.6 Å². The van der Waals surface area contributed by atoms with Crippen molar-refractivity contribution in [3.8, 4) is 0 Å². The number of carbonyl (C=O) groups is 1. The fourth-order valence-electron chi connectivity index (χ4n) is 1.88. The second-order valence-corrected chi connectivity index (χ2v) is 4.78. The molecular formula is C12H24N2O3. The van der Waals surface area contributed by atoms with Crippen LogP contribution >= 0.6 is 0 Å². The van der Waals surface area contributed by atoms with Crippen LogP contribution in [0.3, 0.4) is 0 Å². The van der Waals surface area contributed by atoms with Gasteiger partial charge in [-0.2, -0.15) is 0 Å². The highest BCUT2D eigenvalue weighted by Crippen LogP contribution is 2.32. The maximum Gasteiger partial charge on any atom is 0.315 e. The van der Waals surface area contributed by atoms with Crippen molar-refractivity contribution in [2.45, 2.75) is 44.7 Å². The van der Waals surface area contributed by atoms with Gasteiger partial charge in [0, 0.05) is 19.8 Å². The molecule has 2 amide bonds. The third-order valence-corrected chi connectivity index (χ3v) is 3.03. The number of nitrogens with one attached hydrogen (secondary N) is 2. The molecule has 0 heterocycles. The van der Waals surface area contributed by atoms with E-state index in [4.69, 9.17) is 9.84 Å². The van der Waals surface area contributed by atoms with Crippen LogP contribution in [0.15, 0.2) is 0 Å². The number of urea groups is 1. The van der Waals surface area contributed by atoms with Crippen molar-refractivity contribution in [2.75, 3.05) is 20.3 Å². The lowest BCUT2D eigenvalue weighted by atomic mass is 10.2. The van der Waals surface area contributed by atoms with Gasteiger partial charge in [-0.15, -0.1) is 0 Å². The lowest BCUT2D eigenvalue weighted by molar-refractivity contribution is 0.157. The molecule has 2 atom stereocenters. The van der Waals surface area contributed by atoms with Crippen molar-refractivity contribution in [3.63, 3.8) is 0 Å². The maximum absolute atomic E-state index is 11.7. The first kappa shape index (κ1) is 14.3. The van der Waals surface area contributed by atoms with Crippen molar-refractivity contribution >= 4 is 6.03 Å². The van der Waals surface area contributed by atoms with E-state index >= 15 is 0 Å². The SMILES string of the molecule is COCC(NC(=O)NC(C)CCCO)C1CC1. The zero-order chi connectivity index (χ0) is 12.7. The molecular weight excluding hydrogens is 220 g/mol. The van der Waals surface area contributed by atoms with Gasteiger partial charge in [0.1, 0.15) is 0 Å². The molecule has 1 aliphatic carbocycles. The molecule has 0 saturated heterocycles. The summed E-state index contributed by atoms with van der Waals surface area (Å²) >= 11 is 0. The van der Waals surface area contributed by atoms with Crippen LogP contribution in [0.25, 0.3) is 0 Å². The summed E-state index contributed by atoms with van der Waals surface area (Å²) in [4.78, 5) is 11.7. The highest BCUT2D eigenvalue weighted by molar-refractivity contribution is 5.74. The first-order chi connectivity index (χ1) is 8.17. The number of hydrogen-bond acceptors (Lipinski definition) is 3. The van der Waals surface area contributed by atoms with E-state index in [1.54, 1.807) is 7.11 Å². The molecule has 1 aliphatic rings. The van der Waals surface area contributed by atoms with E-state index < -0.39 is 0 Å². The second-order valence-electron chi connectivity index (χ2n) is 4.78. The van der Waals surface area contributed by atoms with Crippen LogP contribution in [0.5, 0.6) is 0 Å². The largest absolute Gasteiger partial charge is 0.396 e. The fraction of sp³-hybridized carbons (Fsp3) is 0.917. The number of aliphatic hydroxyl groups excluding tert-OH is 1. The van der Waals surface area contributed by atoms with Gasteiger partial charge >= 0.3 is 6.03 Å². The van der Waals surface area contributed by atoms with Crippen molar-refractivity contribution in [1.29, 1.82) is 0 Å². The minimum absolute atomic E-state index is 0.0875. The van der Waals surface area contributed by atoms with Crippen molar-refractivity contribution < 1.29 is 14.6 Å². The number of amides is 2. The molecule has 1 fully saturated rings. The number of hydrogen-bond donors (Lipinski definition) is 3. The molecule has 0 aliphatic heterocycles. The number of methoxy groups -OCH3 is 1. The minimum Gasteiger partial charge on any atom is -0.396 e. The van der Waals surface area contributed by atoms with Crippen molar-refractivity contribution in [3.05, 3.63) is 0 Å². The summed E-state index contributed by atoms with van der Waals surface area (Å²) in [6.07, 6.45) is 3.86. The Labute approximate surface area is 103 Å². The van der Waals surface area contributed by atoms with Crippen molar-refractivity contribution in [1.82, 2.24) is 10.6 Å². The Morgan fingerprint density at radius 2 is 2.18 bits per heavy atom. The van der Waals surface area contributed by atoms with Crippen LogP contribution in [-0.4, -0.2) is 43.5 Å². The average molecular weight is 244 g/mol. The van der Waals surface area contributed by atoms with E-state index in [0.29, 0.717) is 18.9 Å². The number of ether oxygens (including phenoxy) is 1. The standard InChI is InChI=1S/C12H24N2O3/c1-9(4-3-7-15)13-12(16)14-11(8-17-2)10-5-6-10/h9-11,15H,3-8H2,1-2H3,(H2,13,14,16). The number of aliphatic hydroxyl groups is 1. The summed E-state index contributed by atoms with van der Waals surface area (Å²) < 4.78 is 5.10. The quantitative estimate of drug-likeness (QED) is 0.593. The molecule has 2 unspecified atom stereocenters. The minimum atomic E-state index is -0.135. The average Bonchev–Trinajstić information content (AvgIpc) is 3.09. The zero-order valence-corrected chi connectivity index (χ0v) is 10.7. The Hall–Kier alpha value is -0.810. The van der Waals surface area contributed by atoms with E-state index in [-0.39, 0.29) is 24.7 Å². The molecule has 100 valence electrons. The Kier molecular flexibility index (Phi) is 6.29. The van der Waals surface area contributed by atoms with E-state index in [1.165, 1.54) is 12.8 Å². The molecule has 0 aromatic carbocycles. The fourth-order valence-corrected chi connectivity index (χ4v) is 1.88. The van der Waals surface area contributed by atoms with Crippen LogP contribution in [0, 0.1) is 5.92 Å². The highest BCUT2D eigenvalue weighted by Gasteiger charge is 2.32. The van der Waals surface area contributed by atoms with Gasteiger partial charge in [-0.1, -0.05) is 0 Å². The third-order valence-electron chi connectivity index (χ3n) is 3.03. The molecule has 0 aromatic heterocycles. The van der Waals surface area contributed by atoms with Gasteiger partial charge in [0.15, 0.2) is 0 Å². The Morgan fingerprint density at radius 1 is 1.47 bits per heavy atom. The lowest BCUT2D eigenvalue weighted by Gasteiger charge is -2.20. The Bertz CT molecular complexity index is 232. The molecule has 0 radical (unpaired) electrons. The predicted octanol–water partition coefficient (Wildman–Crippen LogP) is 0.872. The van der Waals surface area contributed by atoms with Crippen LogP contribution in [-0.2, 0) is 4.74 Å². The summed E-state index contributed by atoms with van der Waals surface area (Å²) in [5.41, 5.74) is 0. The molecule has 1 saturated carbocycles. The van der Waals surface area contributed by atoms with Gasteiger partial charge in [-0.3, -0.25) is 0 Å². The number of rotatable bonds is 8. The molecule has 5 heteroatoms. The van der Waals surface area contributed by atoms with E-state index in [9.17, 15) is 4.79 Å². The normalized spacial score (nSPS) is 18.5. The Balaban J connectivity index is 2.21. The van der Waals surface area contributed by atoms with Gasteiger partial charge in [0.25, 0.3) is 0 Å². The molecule has 0 aromatic rings. The van der Waals surface area contributed by atoms with Crippen LogP contribution < -0.4 is 10.6 Å². The molecule has 1 rings (SSSR count). The number of carbonyl (C=O) groups excluding carboxylic acids is 1. The summed E-state index contributed by atoms with van der Waals surface area (Å²) in [6.45, 7) is 2.68. The Morgan fingerprint density at radius 3 is 2.71 bits per heavy atom. The van der Waals surface area contributed by atoms with Crippen LogP contribution in [0.4, 0.5) is 4.79 Å². The monoisotopic (exact) mass is 244 g/mol. The summed E-state index contributed by atoms with van der Waals surface area (Å²) in [5, 5.41) is 14.5. The first-order valence-electron chi connectivity index (χ1n) is 6.34. The summed E-state index contributed by atoms with van der Waals surface area (Å²) in [5.74, 6) is 0.577. The van der Waals surface area contributed by atoms with E-state index in [0.717, 1.165) is 6.42 Å². The van der Waals surface area contributed by atoms with Gasteiger partial charge < -0.3 is 20.5 Å². The third kappa shape index (κ3) is 5.89. The molecule has 5 nitrogen and oxygen atoms in total. The molecule has 3 N–H and O–H groups in total. The molecule has 17 heavy (non-hydrogen) atoms. The van der Waals surface area contributed by atoms with Gasteiger partial charge in [-0.25, -0.2) is 4.79 Å². The van der Waals surface area contributed by atoms with Gasteiger partial charge in [0.2, 0.25) is 0 Å². The molecule has 0 spiro atoms. The lowest BCUT2D eigenvalue weighted by Crippen LogP contribution is -2.47. The summed E-state index contributed by atoms with van der Waals surface area (Å²) in [6, 6.07) is 0.0824. The van der Waals surface area contributed by atoms with Gasteiger partial charge in [-0.05, 0) is 38.5 Å². The van der Waals surface area contributed by atoms with Crippen LogP contribution in [0.2, 0.25) is 0 Å². The zero-order valence-electron chi connectivity index (χ0n) is 10.7. The first-order valence-corrected chi connectivity index (χ1v) is 6.34. The van der Waals surface area contributed by atoms with E-state index in [2.05, 4.69) is 10.6 Å². The predicted molar refractivity (Wildman–Crippen MR) is 65.8 cm³/mol. The van der Waals surface area contributed by atoms with Crippen molar-refractivity contribution in [2.24, 2.45) is 5.92 Å². The topological polar surface area (TPSA) is 70.6 Å². The highest BCUT2D eigenvalue weighted by atomic mass is 16.5. The maximum atomic E-state index is 11.7. The van der Waals surface area contributed by atoms with E-state index in [1.807, 2.05) is 6.92 Å². The molecule has 0 bridgehead atoms. The smallest absolute Gasteiger partial charge is 0.315 e. The second kappa shape index (κ2) is 7.50. The van der Waals surface area contributed by atoms with Crippen LogP contribution in [0.1, 0.15) is 32.6 Å².